The maximum atomic E-state index is 10.5. The predicted octanol–water partition coefficient (Wildman–Crippen LogP) is 2.11. The van der Waals surface area contributed by atoms with Crippen LogP contribution in [0.3, 0.4) is 0 Å². The Kier molecular flexibility index (Phi) is 3.07. The van der Waals surface area contributed by atoms with Crippen LogP contribution in [0.25, 0.3) is 6.08 Å². The lowest BCUT2D eigenvalue weighted by Crippen LogP contribution is -2.05. The molecule has 1 aromatic carbocycles. The zero-order valence-electron chi connectivity index (χ0n) is 8.79. The lowest BCUT2D eigenvalue weighted by molar-refractivity contribution is -0.113. The molecule has 1 rings (SSSR count). The van der Waals surface area contributed by atoms with Gasteiger partial charge in [-0.15, -0.1) is 0 Å². The Bertz CT molecular complexity index is 368. The summed E-state index contributed by atoms with van der Waals surface area (Å²) in [4.78, 5) is 10.5. The van der Waals surface area contributed by atoms with Gasteiger partial charge < -0.3 is 5.73 Å². The third-order valence-corrected chi connectivity index (χ3v) is 2.39. The minimum atomic E-state index is -0.416. The van der Waals surface area contributed by atoms with Gasteiger partial charge in [-0.3, -0.25) is 4.79 Å². The molecule has 0 atom stereocenters. The molecule has 0 bridgehead atoms. The molecule has 1 aromatic rings. The summed E-state index contributed by atoms with van der Waals surface area (Å²) in [5.74, 6) is -0.416. The Labute approximate surface area is 84.4 Å². The molecule has 1 amide bonds. The zero-order valence-corrected chi connectivity index (χ0v) is 8.79. The van der Waals surface area contributed by atoms with Gasteiger partial charge in [0.25, 0.3) is 0 Å². The van der Waals surface area contributed by atoms with E-state index in [1.807, 2.05) is 12.1 Å². The number of hydrogen-bond donors (Lipinski definition) is 1. The maximum Gasteiger partial charge on any atom is 0.241 e. The normalized spacial score (nSPS) is 10.8. The van der Waals surface area contributed by atoms with Crippen molar-refractivity contribution in [1.82, 2.24) is 0 Å². The fourth-order valence-corrected chi connectivity index (χ4v) is 1.34. The van der Waals surface area contributed by atoms with E-state index in [1.165, 1.54) is 22.8 Å². The van der Waals surface area contributed by atoms with Gasteiger partial charge in [-0.05, 0) is 49.1 Å². The molecule has 0 aliphatic heterocycles. The van der Waals surface area contributed by atoms with Crippen molar-refractivity contribution in [3.05, 3.63) is 40.5 Å². The van der Waals surface area contributed by atoms with Gasteiger partial charge in [-0.25, -0.2) is 0 Å². The molecular weight excluding hydrogens is 174 g/mol. The molecule has 2 nitrogen and oxygen atoms in total. The van der Waals surface area contributed by atoms with Gasteiger partial charge in [0.05, 0.1) is 0 Å². The first-order valence-corrected chi connectivity index (χ1v) is 4.56. The monoisotopic (exact) mass is 189 g/mol. The van der Waals surface area contributed by atoms with E-state index in [9.17, 15) is 4.79 Å². The first-order chi connectivity index (χ1) is 6.50. The molecule has 0 heterocycles. The molecule has 74 valence electrons. The second-order valence-electron chi connectivity index (χ2n) is 3.52. The molecule has 0 spiro atoms. The van der Waals surface area contributed by atoms with Crippen molar-refractivity contribution in [3.8, 4) is 0 Å². The number of amides is 1. The first-order valence-electron chi connectivity index (χ1n) is 4.56. The highest BCUT2D eigenvalue weighted by molar-refractivity contribution is 5.90. The van der Waals surface area contributed by atoms with Gasteiger partial charge in [0, 0.05) is 6.08 Å². The number of carbonyl (C=O) groups excluding carboxylic acids is 1. The Morgan fingerprint density at radius 3 is 2.14 bits per heavy atom. The summed E-state index contributed by atoms with van der Waals surface area (Å²) < 4.78 is 0. The van der Waals surface area contributed by atoms with Crippen molar-refractivity contribution < 1.29 is 4.79 Å². The molecule has 0 saturated heterocycles. The number of benzene rings is 1. The largest absolute Gasteiger partial charge is 0.366 e. The average Bonchev–Trinajstić information content (AvgIpc) is 2.10. The van der Waals surface area contributed by atoms with Crippen molar-refractivity contribution in [2.24, 2.45) is 5.73 Å². The van der Waals surface area contributed by atoms with Crippen molar-refractivity contribution in [2.75, 3.05) is 0 Å². The molecule has 0 aliphatic carbocycles. The van der Waals surface area contributed by atoms with Crippen LogP contribution >= 0.6 is 0 Å². The van der Waals surface area contributed by atoms with E-state index < -0.39 is 5.91 Å². The van der Waals surface area contributed by atoms with E-state index in [-0.39, 0.29) is 0 Å². The van der Waals surface area contributed by atoms with Gasteiger partial charge >= 0.3 is 0 Å². The SMILES string of the molecule is Cc1cc(/C=C/C(N)=O)cc(C)c1C. The highest BCUT2D eigenvalue weighted by Gasteiger charge is 1.98. The Hall–Kier alpha value is -1.57. The highest BCUT2D eigenvalue weighted by atomic mass is 16.1. The van der Waals surface area contributed by atoms with Gasteiger partial charge in [0.15, 0.2) is 0 Å². The van der Waals surface area contributed by atoms with Crippen LogP contribution in [0.2, 0.25) is 0 Å². The summed E-state index contributed by atoms with van der Waals surface area (Å²) in [7, 11) is 0. The molecular formula is C12H15NO. The van der Waals surface area contributed by atoms with Gasteiger partial charge in [-0.2, -0.15) is 0 Å². The fourth-order valence-electron chi connectivity index (χ4n) is 1.34. The summed E-state index contributed by atoms with van der Waals surface area (Å²) in [6.07, 6.45) is 3.12. The molecule has 2 N–H and O–H groups in total. The Morgan fingerprint density at radius 2 is 1.71 bits per heavy atom. The average molecular weight is 189 g/mol. The van der Waals surface area contributed by atoms with Crippen molar-refractivity contribution >= 4 is 12.0 Å². The molecule has 0 aliphatic rings. The summed E-state index contributed by atoms with van der Waals surface area (Å²) in [6.45, 7) is 6.21. The second kappa shape index (κ2) is 4.09. The van der Waals surface area contributed by atoms with E-state index in [0.29, 0.717) is 0 Å². The fraction of sp³-hybridized carbons (Fsp3) is 0.250. The minimum Gasteiger partial charge on any atom is -0.366 e. The third-order valence-electron chi connectivity index (χ3n) is 2.39. The minimum absolute atomic E-state index is 0.416. The summed E-state index contributed by atoms with van der Waals surface area (Å²) in [5.41, 5.74) is 9.79. The van der Waals surface area contributed by atoms with Crippen molar-refractivity contribution in [3.63, 3.8) is 0 Å². The lowest BCUT2D eigenvalue weighted by Gasteiger charge is -2.05. The standard InChI is InChI=1S/C12H15NO/c1-8-6-11(4-5-12(13)14)7-9(2)10(8)3/h4-7H,1-3H3,(H2,13,14)/b5-4+. The van der Waals surface area contributed by atoms with Crippen LogP contribution in [0.15, 0.2) is 18.2 Å². The molecule has 0 fully saturated rings. The number of hydrogen-bond acceptors (Lipinski definition) is 1. The highest BCUT2D eigenvalue weighted by Crippen LogP contribution is 2.16. The van der Waals surface area contributed by atoms with E-state index in [4.69, 9.17) is 5.73 Å². The molecule has 0 aromatic heterocycles. The smallest absolute Gasteiger partial charge is 0.241 e. The molecule has 14 heavy (non-hydrogen) atoms. The second-order valence-corrected chi connectivity index (χ2v) is 3.52. The molecule has 2 heteroatoms. The van der Waals surface area contributed by atoms with Gasteiger partial charge in [0.1, 0.15) is 0 Å². The van der Waals surface area contributed by atoms with E-state index in [1.54, 1.807) is 6.08 Å². The maximum absolute atomic E-state index is 10.5. The van der Waals surface area contributed by atoms with Gasteiger partial charge in [0.2, 0.25) is 5.91 Å². The van der Waals surface area contributed by atoms with Crippen LogP contribution in [0.1, 0.15) is 22.3 Å². The summed E-state index contributed by atoms with van der Waals surface area (Å²) >= 11 is 0. The summed E-state index contributed by atoms with van der Waals surface area (Å²) in [6, 6.07) is 4.09. The van der Waals surface area contributed by atoms with Crippen molar-refractivity contribution in [2.45, 2.75) is 20.8 Å². The molecule has 0 saturated carbocycles. The zero-order chi connectivity index (χ0) is 10.7. The van der Waals surface area contributed by atoms with E-state index in [2.05, 4.69) is 20.8 Å². The van der Waals surface area contributed by atoms with Crippen LogP contribution in [-0.4, -0.2) is 5.91 Å². The van der Waals surface area contributed by atoms with Crippen LogP contribution in [0.4, 0.5) is 0 Å². The predicted molar refractivity (Wildman–Crippen MR) is 58.9 cm³/mol. The number of aryl methyl sites for hydroxylation is 2. The van der Waals surface area contributed by atoms with Crippen molar-refractivity contribution in [1.29, 1.82) is 0 Å². The van der Waals surface area contributed by atoms with Crippen LogP contribution in [0, 0.1) is 20.8 Å². The summed E-state index contributed by atoms with van der Waals surface area (Å²) in [5, 5.41) is 0. The quantitative estimate of drug-likeness (QED) is 0.711. The van der Waals surface area contributed by atoms with Crippen LogP contribution < -0.4 is 5.73 Å². The lowest BCUT2D eigenvalue weighted by atomic mass is 10.0. The number of carbonyl (C=O) groups is 1. The topological polar surface area (TPSA) is 43.1 Å². The Morgan fingerprint density at radius 1 is 1.21 bits per heavy atom. The van der Waals surface area contributed by atoms with E-state index in [0.717, 1.165) is 5.56 Å². The van der Waals surface area contributed by atoms with Crippen LogP contribution in [-0.2, 0) is 4.79 Å². The number of primary amides is 1. The first kappa shape index (κ1) is 10.5. The van der Waals surface area contributed by atoms with E-state index >= 15 is 0 Å². The molecule has 0 unspecified atom stereocenters. The van der Waals surface area contributed by atoms with Gasteiger partial charge in [-0.1, -0.05) is 12.1 Å². The van der Waals surface area contributed by atoms with Crippen LogP contribution in [0.5, 0.6) is 0 Å². The number of rotatable bonds is 2. The molecule has 0 radical (unpaired) electrons. The Balaban J connectivity index is 3.07. The third kappa shape index (κ3) is 2.46. The number of nitrogens with two attached hydrogens (primary N) is 1.